The smallest absolute Gasteiger partial charge is 0.227 e. The number of anilines is 1. The second-order valence-corrected chi connectivity index (χ2v) is 7.27. The summed E-state index contributed by atoms with van der Waals surface area (Å²) in [5.74, 6) is 1.55. The third-order valence-corrected chi connectivity index (χ3v) is 4.62. The lowest BCUT2D eigenvalue weighted by Gasteiger charge is -2.16. The second kappa shape index (κ2) is 9.91. The summed E-state index contributed by atoms with van der Waals surface area (Å²) in [4.78, 5) is 22.3. The Hall–Kier alpha value is -3.09. The van der Waals surface area contributed by atoms with Gasteiger partial charge in [0.1, 0.15) is 0 Å². The highest BCUT2D eigenvalue weighted by atomic mass is 16.5. The molecule has 7 nitrogen and oxygen atoms in total. The molecule has 1 fully saturated rings. The molecule has 1 aromatic heterocycles. The van der Waals surface area contributed by atoms with Crippen LogP contribution in [0.4, 0.5) is 5.69 Å². The van der Waals surface area contributed by atoms with Crippen LogP contribution in [0.5, 0.6) is 5.88 Å². The molecule has 154 valence electrons. The predicted molar refractivity (Wildman–Crippen MR) is 115 cm³/mol. The number of hydrogen-bond acceptors (Lipinski definition) is 4. The van der Waals surface area contributed by atoms with E-state index in [0.29, 0.717) is 31.3 Å². The van der Waals surface area contributed by atoms with Crippen molar-refractivity contribution in [3.63, 3.8) is 0 Å². The topological polar surface area (TPSA) is 78.9 Å². The van der Waals surface area contributed by atoms with E-state index in [1.807, 2.05) is 55.1 Å². The molecule has 1 amide bonds. The summed E-state index contributed by atoms with van der Waals surface area (Å²) in [5, 5.41) is 6.59. The van der Waals surface area contributed by atoms with Crippen LogP contribution in [-0.2, 0) is 17.9 Å². The van der Waals surface area contributed by atoms with Gasteiger partial charge in [-0.05, 0) is 43.5 Å². The third kappa shape index (κ3) is 5.94. The maximum atomic E-state index is 11.8. The van der Waals surface area contributed by atoms with Gasteiger partial charge in [-0.3, -0.25) is 9.79 Å². The number of nitrogens with one attached hydrogen (secondary N) is 2. The zero-order valence-corrected chi connectivity index (χ0v) is 17.3. The molecular formula is C22H29N5O2. The van der Waals surface area contributed by atoms with Crippen LogP contribution >= 0.6 is 0 Å². The van der Waals surface area contributed by atoms with Crippen LogP contribution in [-0.4, -0.2) is 36.5 Å². The van der Waals surface area contributed by atoms with E-state index in [4.69, 9.17) is 4.74 Å². The number of rotatable bonds is 7. The van der Waals surface area contributed by atoms with Gasteiger partial charge in [-0.2, -0.15) is 0 Å². The summed E-state index contributed by atoms with van der Waals surface area (Å²) in [6, 6.07) is 12.0. The molecule has 1 saturated heterocycles. The van der Waals surface area contributed by atoms with Crippen molar-refractivity contribution in [2.24, 2.45) is 4.99 Å². The Labute approximate surface area is 172 Å². The summed E-state index contributed by atoms with van der Waals surface area (Å²) in [6.07, 6.45) is 3.50. The minimum absolute atomic E-state index is 0.111. The first-order valence-corrected chi connectivity index (χ1v) is 10.0. The molecule has 2 heterocycles. The van der Waals surface area contributed by atoms with Gasteiger partial charge in [0.15, 0.2) is 5.96 Å². The number of benzene rings is 1. The molecule has 0 saturated carbocycles. The number of aliphatic imine (C=N–C) groups is 1. The van der Waals surface area contributed by atoms with Crippen molar-refractivity contribution in [3.05, 3.63) is 53.7 Å². The van der Waals surface area contributed by atoms with Crippen molar-refractivity contribution in [2.75, 3.05) is 18.5 Å². The SMILES string of the molecule is CN=C(NCc1ccc(N2CCCC2=O)cc1)NCc1ccc(OC(C)C)nc1. The van der Waals surface area contributed by atoms with Crippen LogP contribution < -0.4 is 20.3 Å². The quantitative estimate of drug-likeness (QED) is 0.557. The van der Waals surface area contributed by atoms with Crippen molar-refractivity contribution < 1.29 is 9.53 Å². The fourth-order valence-electron chi connectivity index (χ4n) is 3.13. The molecule has 1 aliphatic heterocycles. The van der Waals surface area contributed by atoms with Gasteiger partial charge in [-0.15, -0.1) is 0 Å². The molecular weight excluding hydrogens is 366 g/mol. The van der Waals surface area contributed by atoms with Crippen LogP contribution in [0.3, 0.4) is 0 Å². The highest BCUT2D eigenvalue weighted by Gasteiger charge is 2.21. The van der Waals surface area contributed by atoms with E-state index in [9.17, 15) is 4.79 Å². The van der Waals surface area contributed by atoms with Gasteiger partial charge < -0.3 is 20.3 Å². The number of ether oxygens (including phenoxy) is 1. The molecule has 3 rings (SSSR count). The van der Waals surface area contributed by atoms with E-state index in [1.165, 1.54) is 0 Å². The number of nitrogens with zero attached hydrogens (tertiary/aromatic N) is 3. The van der Waals surface area contributed by atoms with Crippen molar-refractivity contribution in [3.8, 4) is 5.88 Å². The van der Waals surface area contributed by atoms with Crippen LogP contribution in [0, 0.1) is 0 Å². The van der Waals surface area contributed by atoms with E-state index < -0.39 is 0 Å². The minimum atomic E-state index is 0.111. The first kappa shape index (κ1) is 20.6. The number of hydrogen-bond donors (Lipinski definition) is 2. The Bertz CT molecular complexity index is 831. The fraction of sp³-hybridized carbons (Fsp3) is 0.409. The summed E-state index contributed by atoms with van der Waals surface area (Å²) < 4.78 is 5.56. The van der Waals surface area contributed by atoms with Gasteiger partial charge in [0.05, 0.1) is 6.10 Å². The van der Waals surface area contributed by atoms with E-state index >= 15 is 0 Å². The molecule has 0 spiro atoms. The molecule has 0 aliphatic carbocycles. The zero-order chi connectivity index (χ0) is 20.6. The number of carbonyl (C=O) groups excluding carboxylic acids is 1. The maximum absolute atomic E-state index is 11.8. The largest absolute Gasteiger partial charge is 0.475 e. The first-order valence-electron chi connectivity index (χ1n) is 10.0. The van der Waals surface area contributed by atoms with Crippen LogP contribution in [0.2, 0.25) is 0 Å². The maximum Gasteiger partial charge on any atom is 0.227 e. The Balaban J connectivity index is 1.47. The molecule has 0 radical (unpaired) electrons. The molecule has 1 aliphatic rings. The molecule has 7 heteroatoms. The zero-order valence-electron chi connectivity index (χ0n) is 17.3. The lowest BCUT2D eigenvalue weighted by molar-refractivity contribution is -0.117. The third-order valence-electron chi connectivity index (χ3n) is 4.62. The lowest BCUT2D eigenvalue weighted by atomic mass is 10.2. The summed E-state index contributed by atoms with van der Waals surface area (Å²) in [7, 11) is 1.75. The lowest BCUT2D eigenvalue weighted by Crippen LogP contribution is -2.36. The molecule has 2 N–H and O–H groups in total. The van der Waals surface area contributed by atoms with Crippen molar-refractivity contribution in [1.29, 1.82) is 0 Å². The number of carbonyl (C=O) groups is 1. The van der Waals surface area contributed by atoms with Gasteiger partial charge in [0.2, 0.25) is 11.8 Å². The van der Waals surface area contributed by atoms with E-state index in [-0.39, 0.29) is 12.0 Å². The van der Waals surface area contributed by atoms with Crippen molar-refractivity contribution in [2.45, 2.75) is 45.9 Å². The first-order chi connectivity index (χ1) is 14.0. The van der Waals surface area contributed by atoms with E-state index in [1.54, 1.807) is 13.2 Å². The molecule has 1 aromatic carbocycles. The van der Waals surface area contributed by atoms with E-state index in [0.717, 1.165) is 29.8 Å². The monoisotopic (exact) mass is 395 g/mol. The highest BCUT2D eigenvalue weighted by molar-refractivity contribution is 5.95. The van der Waals surface area contributed by atoms with Crippen molar-refractivity contribution in [1.82, 2.24) is 15.6 Å². The molecule has 0 unspecified atom stereocenters. The Morgan fingerprint density at radius 2 is 1.83 bits per heavy atom. The van der Waals surface area contributed by atoms with Gasteiger partial charge in [0.25, 0.3) is 0 Å². The summed E-state index contributed by atoms with van der Waals surface area (Å²) in [6.45, 7) is 6.03. The average Bonchev–Trinajstić information content (AvgIpc) is 3.15. The van der Waals surface area contributed by atoms with Crippen LogP contribution in [0.25, 0.3) is 0 Å². The summed E-state index contributed by atoms with van der Waals surface area (Å²) in [5.41, 5.74) is 3.14. The highest BCUT2D eigenvalue weighted by Crippen LogP contribution is 2.21. The normalized spacial score (nSPS) is 14.4. The van der Waals surface area contributed by atoms with E-state index in [2.05, 4.69) is 20.6 Å². The van der Waals surface area contributed by atoms with Crippen LogP contribution in [0.15, 0.2) is 47.6 Å². The standard InChI is InChI=1S/C22H29N5O2/c1-16(2)29-20-11-8-18(14-24-20)15-26-22(23-3)25-13-17-6-9-19(10-7-17)27-12-4-5-21(27)28/h6-11,14,16H,4-5,12-13,15H2,1-3H3,(H2,23,25,26). The van der Waals surface area contributed by atoms with Gasteiger partial charge in [0, 0.05) is 51.1 Å². The summed E-state index contributed by atoms with van der Waals surface area (Å²) >= 11 is 0. The van der Waals surface area contributed by atoms with Crippen LogP contribution in [0.1, 0.15) is 37.8 Å². The molecule has 0 bridgehead atoms. The molecule has 29 heavy (non-hydrogen) atoms. The van der Waals surface area contributed by atoms with Crippen molar-refractivity contribution >= 4 is 17.6 Å². The fourth-order valence-corrected chi connectivity index (χ4v) is 3.13. The number of aromatic nitrogens is 1. The second-order valence-electron chi connectivity index (χ2n) is 7.27. The Morgan fingerprint density at radius 3 is 2.38 bits per heavy atom. The Kier molecular flexibility index (Phi) is 7.05. The van der Waals surface area contributed by atoms with Gasteiger partial charge >= 0.3 is 0 Å². The number of amides is 1. The minimum Gasteiger partial charge on any atom is -0.475 e. The Morgan fingerprint density at radius 1 is 1.14 bits per heavy atom. The number of guanidine groups is 1. The average molecular weight is 396 g/mol. The predicted octanol–water partition coefficient (Wildman–Crippen LogP) is 2.86. The van der Waals surface area contributed by atoms with Gasteiger partial charge in [-0.1, -0.05) is 18.2 Å². The number of pyridine rings is 1. The molecule has 0 atom stereocenters. The van der Waals surface area contributed by atoms with Gasteiger partial charge in [-0.25, -0.2) is 4.98 Å². The molecule has 2 aromatic rings.